The molecule has 1 aliphatic carbocycles. The largest absolute Gasteiger partial charge is 0.481 e. The molecule has 16 heavy (non-hydrogen) atoms. The Bertz CT molecular complexity index is 415. The standard InChI is InChI=1S/C12H12ClFO2/c13-10-5-4-8(14)6-9(10)11(12(15)16)7-2-1-3-7/h4-7,11H,1-3H2,(H,15,16). The summed E-state index contributed by atoms with van der Waals surface area (Å²) in [5.41, 5.74) is 0.402. The van der Waals surface area contributed by atoms with E-state index in [-0.39, 0.29) is 5.92 Å². The van der Waals surface area contributed by atoms with Crippen LogP contribution in [-0.2, 0) is 4.79 Å². The third-order valence-electron chi connectivity index (χ3n) is 3.18. The van der Waals surface area contributed by atoms with Gasteiger partial charge in [-0.3, -0.25) is 4.79 Å². The fourth-order valence-electron chi connectivity index (χ4n) is 2.11. The van der Waals surface area contributed by atoms with E-state index in [0.29, 0.717) is 10.6 Å². The van der Waals surface area contributed by atoms with Gasteiger partial charge in [-0.1, -0.05) is 18.0 Å². The molecule has 0 aromatic heterocycles. The van der Waals surface area contributed by atoms with Gasteiger partial charge in [0.1, 0.15) is 5.82 Å². The number of carboxylic acid groups (broad SMARTS) is 1. The predicted octanol–water partition coefficient (Wildman–Crippen LogP) is 3.45. The highest BCUT2D eigenvalue weighted by molar-refractivity contribution is 6.31. The van der Waals surface area contributed by atoms with Crippen molar-refractivity contribution in [1.82, 2.24) is 0 Å². The molecule has 0 amide bonds. The van der Waals surface area contributed by atoms with Gasteiger partial charge in [-0.05, 0) is 42.5 Å². The molecule has 2 rings (SSSR count). The summed E-state index contributed by atoms with van der Waals surface area (Å²) in [5.74, 6) is -1.93. The summed E-state index contributed by atoms with van der Waals surface area (Å²) in [7, 11) is 0. The molecule has 1 N–H and O–H groups in total. The normalized spacial score (nSPS) is 17.9. The van der Waals surface area contributed by atoms with E-state index in [4.69, 9.17) is 11.6 Å². The second-order valence-corrected chi connectivity index (χ2v) is 4.58. The van der Waals surface area contributed by atoms with Crippen molar-refractivity contribution in [2.75, 3.05) is 0 Å². The first-order chi connectivity index (χ1) is 7.59. The van der Waals surface area contributed by atoms with Crippen LogP contribution in [0.4, 0.5) is 4.39 Å². The second-order valence-electron chi connectivity index (χ2n) is 4.17. The van der Waals surface area contributed by atoms with Crippen LogP contribution in [0, 0.1) is 11.7 Å². The molecule has 1 saturated carbocycles. The van der Waals surface area contributed by atoms with E-state index in [0.717, 1.165) is 19.3 Å². The molecule has 0 heterocycles. The fraction of sp³-hybridized carbons (Fsp3) is 0.417. The first kappa shape index (κ1) is 11.4. The molecule has 4 heteroatoms. The van der Waals surface area contributed by atoms with Gasteiger partial charge in [0.05, 0.1) is 5.92 Å². The first-order valence-electron chi connectivity index (χ1n) is 5.27. The van der Waals surface area contributed by atoms with Gasteiger partial charge >= 0.3 is 5.97 Å². The third-order valence-corrected chi connectivity index (χ3v) is 3.52. The summed E-state index contributed by atoms with van der Waals surface area (Å²) >= 11 is 5.93. The molecule has 0 bridgehead atoms. The van der Waals surface area contributed by atoms with Crippen molar-refractivity contribution in [2.45, 2.75) is 25.2 Å². The Kier molecular flexibility index (Phi) is 3.15. The lowest BCUT2D eigenvalue weighted by atomic mass is 9.73. The van der Waals surface area contributed by atoms with Crippen LogP contribution in [0.15, 0.2) is 18.2 Å². The van der Waals surface area contributed by atoms with Gasteiger partial charge in [0.2, 0.25) is 0 Å². The van der Waals surface area contributed by atoms with Crippen molar-refractivity contribution in [3.63, 3.8) is 0 Å². The van der Waals surface area contributed by atoms with Crippen molar-refractivity contribution in [3.05, 3.63) is 34.6 Å². The Morgan fingerprint density at radius 1 is 1.50 bits per heavy atom. The van der Waals surface area contributed by atoms with Crippen LogP contribution in [0.5, 0.6) is 0 Å². The molecule has 0 saturated heterocycles. The van der Waals surface area contributed by atoms with Crippen LogP contribution < -0.4 is 0 Å². The third kappa shape index (κ3) is 2.05. The summed E-state index contributed by atoms with van der Waals surface area (Å²) in [4.78, 5) is 11.2. The molecule has 1 atom stereocenters. The lowest BCUT2D eigenvalue weighted by molar-refractivity contribution is -0.141. The predicted molar refractivity (Wildman–Crippen MR) is 59.1 cm³/mol. The average molecular weight is 243 g/mol. The van der Waals surface area contributed by atoms with Gasteiger partial charge in [-0.25, -0.2) is 4.39 Å². The SMILES string of the molecule is O=C(O)C(c1cc(F)ccc1Cl)C1CCC1. The molecule has 1 aromatic rings. The number of benzene rings is 1. The van der Waals surface area contributed by atoms with E-state index in [1.807, 2.05) is 0 Å². The van der Waals surface area contributed by atoms with Crippen LogP contribution >= 0.6 is 11.6 Å². The summed E-state index contributed by atoms with van der Waals surface area (Å²) in [6.45, 7) is 0. The zero-order valence-corrected chi connectivity index (χ0v) is 9.38. The highest BCUT2D eigenvalue weighted by Crippen LogP contribution is 2.41. The van der Waals surface area contributed by atoms with Crippen LogP contribution in [0.25, 0.3) is 0 Å². The Morgan fingerprint density at radius 2 is 2.19 bits per heavy atom. The smallest absolute Gasteiger partial charge is 0.311 e. The number of halogens is 2. The van der Waals surface area contributed by atoms with Crippen LogP contribution in [0.2, 0.25) is 5.02 Å². The van der Waals surface area contributed by atoms with E-state index in [1.165, 1.54) is 18.2 Å². The number of carbonyl (C=O) groups is 1. The fourth-order valence-corrected chi connectivity index (χ4v) is 2.35. The van der Waals surface area contributed by atoms with Crippen LogP contribution in [-0.4, -0.2) is 11.1 Å². The second kappa shape index (κ2) is 4.42. The molecule has 1 fully saturated rings. The molecule has 86 valence electrons. The maximum atomic E-state index is 13.1. The van der Waals surface area contributed by atoms with E-state index in [1.54, 1.807) is 0 Å². The molecule has 1 aromatic carbocycles. The van der Waals surface area contributed by atoms with E-state index >= 15 is 0 Å². The summed E-state index contributed by atoms with van der Waals surface area (Å²) in [6, 6.07) is 3.89. The first-order valence-corrected chi connectivity index (χ1v) is 5.65. The Balaban J connectivity index is 2.37. The Hall–Kier alpha value is -1.09. The van der Waals surface area contributed by atoms with Crippen molar-refractivity contribution in [3.8, 4) is 0 Å². The number of carboxylic acids is 1. The average Bonchev–Trinajstić information content (AvgIpc) is 2.15. The minimum Gasteiger partial charge on any atom is -0.481 e. The highest BCUT2D eigenvalue weighted by Gasteiger charge is 2.35. The molecule has 0 aliphatic heterocycles. The molecular formula is C12H12ClFO2. The highest BCUT2D eigenvalue weighted by atomic mass is 35.5. The van der Waals surface area contributed by atoms with Gasteiger partial charge < -0.3 is 5.11 Å². The van der Waals surface area contributed by atoms with E-state index in [9.17, 15) is 14.3 Å². The van der Waals surface area contributed by atoms with E-state index < -0.39 is 17.7 Å². The van der Waals surface area contributed by atoms with Gasteiger partial charge in [0, 0.05) is 5.02 Å². The Morgan fingerprint density at radius 3 is 2.69 bits per heavy atom. The summed E-state index contributed by atoms with van der Waals surface area (Å²) in [5, 5.41) is 9.53. The Labute approximate surface area is 98.0 Å². The zero-order valence-electron chi connectivity index (χ0n) is 8.62. The molecule has 1 aliphatic rings. The molecule has 1 unspecified atom stereocenters. The maximum absolute atomic E-state index is 13.1. The van der Waals surface area contributed by atoms with Crippen molar-refractivity contribution in [2.24, 2.45) is 5.92 Å². The monoisotopic (exact) mass is 242 g/mol. The van der Waals surface area contributed by atoms with Gasteiger partial charge in [0.25, 0.3) is 0 Å². The lowest BCUT2D eigenvalue weighted by Crippen LogP contribution is -2.27. The van der Waals surface area contributed by atoms with Crippen molar-refractivity contribution < 1.29 is 14.3 Å². The summed E-state index contributed by atoms with van der Waals surface area (Å²) in [6.07, 6.45) is 2.80. The number of hydrogen-bond acceptors (Lipinski definition) is 1. The van der Waals surface area contributed by atoms with E-state index in [2.05, 4.69) is 0 Å². The van der Waals surface area contributed by atoms with Gasteiger partial charge in [-0.15, -0.1) is 0 Å². The lowest BCUT2D eigenvalue weighted by Gasteiger charge is -2.31. The summed E-state index contributed by atoms with van der Waals surface area (Å²) < 4.78 is 13.1. The minimum absolute atomic E-state index is 0.0943. The van der Waals surface area contributed by atoms with Crippen LogP contribution in [0.1, 0.15) is 30.7 Å². The molecule has 0 spiro atoms. The minimum atomic E-state index is -0.919. The quantitative estimate of drug-likeness (QED) is 0.882. The van der Waals surface area contributed by atoms with Crippen molar-refractivity contribution >= 4 is 17.6 Å². The van der Waals surface area contributed by atoms with Crippen LogP contribution in [0.3, 0.4) is 0 Å². The number of hydrogen-bond donors (Lipinski definition) is 1. The zero-order chi connectivity index (χ0) is 11.7. The molecular weight excluding hydrogens is 231 g/mol. The molecule has 0 radical (unpaired) electrons. The van der Waals surface area contributed by atoms with Gasteiger partial charge in [-0.2, -0.15) is 0 Å². The van der Waals surface area contributed by atoms with Crippen molar-refractivity contribution in [1.29, 1.82) is 0 Å². The topological polar surface area (TPSA) is 37.3 Å². The van der Waals surface area contributed by atoms with Gasteiger partial charge in [0.15, 0.2) is 0 Å². The number of rotatable bonds is 3. The molecule has 2 nitrogen and oxygen atoms in total. The maximum Gasteiger partial charge on any atom is 0.311 e. The number of aliphatic carboxylic acids is 1.